The summed E-state index contributed by atoms with van der Waals surface area (Å²) >= 11 is 0. The molecule has 12 aromatic carbocycles. The highest BCUT2D eigenvalue weighted by Crippen LogP contribution is 2.46. The summed E-state index contributed by atoms with van der Waals surface area (Å²) in [5.74, 6) is 0. The lowest BCUT2D eigenvalue weighted by Crippen LogP contribution is -2.10. The van der Waals surface area contributed by atoms with Crippen LogP contribution in [0.25, 0.3) is 110 Å². The lowest BCUT2D eigenvalue weighted by atomic mass is 9.84. The Morgan fingerprint density at radius 1 is 0.258 bits per heavy atom. The molecule has 0 aliphatic heterocycles. The lowest BCUT2D eigenvalue weighted by molar-refractivity contribution is 0.670. The van der Waals surface area contributed by atoms with E-state index in [0.29, 0.717) is 0 Å². The molecule has 0 saturated heterocycles. The van der Waals surface area contributed by atoms with E-state index in [4.69, 9.17) is 4.42 Å². The number of nitrogens with zero attached hydrogens (tertiary/aromatic N) is 1. The van der Waals surface area contributed by atoms with Gasteiger partial charge >= 0.3 is 0 Å². The van der Waals surface area contributed by atoms with Gasteiger partial charge in [0.1, 0.15) is 11.2 Å². The molecule has 1 aromatic heterocycles. The summed E-state index contributed by atoms with van der Waals surface area (Å²) in [6, 6.07) is 90.3. The number of anilines is 3. The molecule has 0 unspecified atom stereocenters. The quantitative estimate of drug-likeness (QED) is 0.149. The number of rotatable bonds is 7. The zero-order chi connectivity index (χ0) is 43.6. The minimum atomic E-state index is 0.897. The Balaban J connectivity index is 0.970. The zero-order valence-corrected chi connectivity index (χ0v) is 36.0. The van der Waals surface area contributed by atoms with Crippen LogP contribution in [0, 0.1) is 0 Å². The van der Waals surface area contributed by atoms with Gasteiger partial charge in [0.2, 0.25) is 0 Å². The number of para-hydroxylation sites is 2. The van der Waals surface area contributed by atoms with E-state index in [9.17, 15) is 0 Å². The van der Waals surface area contributed by atoms with Crippen molar-refractivity contribution < 1.29 is 4.42 Å². The molecule has 13 aromatic rings. The van der Waals surface area contributed by atoms with E-state index in [-0.39, 0.29) is 0 Å². The first-order chi connectivity index (χ1) is 32.7. The van der Waals surface area contributed by atoms with E-state index >= 15 is 0 Å². The van der Waals surface area contributed by atoms with Crippen LogP contribution in [0.15, 0.2) is 253 Å². The van der Waals surface area contributed by atoms with Crippen LogP contribution >= 0.6 is 0 Å². The molecule has 66 heavy (non-hydrogen) atoms. The van der Waals surface area contributed by atoms with Crippen LogP contribution in [0.5, 0.6) is 0 Å². The molecular weight excluding hydrogens is 799 g/mol. The highest BCUT2D eigenvalue weighted by atomic mass is 16.3. The summed E-state index contributed by atoms with van der Waals surface area (Å²) in [6.07, 6.45) is 0. The van der Waals surface area contributed by atoms with Crippen molar-refractivity contribution in [1.29, 1.82) is 0 Å². The number of benzene rings is 12. The molecule has 2 nitrogen and oxygen atoms in total. The van der Waals surface area contributed by atoms with Crippen molar-refractivity contribution >= 4 is 82.1 Å². The van der Waals surface area contributed by atoms with E-state index < -0.39 is 0 Å². The predicted octanol–water partition coefficient (Wildman–Crippen LogP) is 18.3. The molecule has 0 aliphatic carbocycles. The molecule has 0 radical (unpaired) electrons. The van der Waals surface area contributed by atoms with Crippen LogP contribution < -0.4 is 4.90 Å². The van der Waals surface area contributed by atoms with Crippen LogP contribution in [-0.4, -0.2) is 0 Å². The Hall–Kier alpha value is -8.72. The van der Waals surface area contributed by atoms with Gasteiger partial charge in [-0.15, -0.1) is 0 Å². The van der Waals surface area contributed by atoms with Crippen LogP contribution in [0.4, 0.5) is 17.1 Å². The molecular formula is C64H41NO. The average molecular weight is 840 g/mol. The van der Waals surface area contributed by atoms with Crippen LogP contribution in [0.3, 0.4) is 0 Å². The lowest BCUT2D eigenvalue weighted by Gasteiger charge is -2.27. The second-order valence-electron chi connectivity index (χ2n) is 17.2. The van der Waals surface area contributed by atoms with Crippen LogP contribution in [0.1, 0.15) is 0 Å². The topological polar surface area (TPSA) is 16.4 Å². The molecule has 0 amide bonds. The molecule has 0 atom stereocenters. The van der Waals surface area contributed by atoms with Gasteiger partial charge in [-0.3, -0.25) is 0 Å². The largest absolute Gasteiger partial charge is 0.455 e. The van der Waals surface area contributed by atoms with Gasteiger partial charge in [0.05, 0.1) is 0 Å². The standard InChI is InChI=1S/C64H41NO/c1-3-16-44(17-4-1)62-58-25-10-9-23-55(58)56-37-33-46(41-60(56)63(62)45-18-5-2-6-19-45)42-31-34-49(35-32-42)65(51-36-38-53-48(40-51)30-29-43-15-7-8-22-52(43)53)50-21-13-20-47(39-50)54-26-14-27-59-57-24-11-12-28-61(57)66-64(54)59/h1-41H. The fraction of sp³-hybridized carbons (Fsp3) is 0. The maximum atomic E-state index is 6.54. The SMILES string of the molecule is c1ccc(-c2c(-c3ccccc3)c3cc(-c4ccc(N(c5cccc(-c6cccc7c6oc6ccccc67)c5)c5ccc6c(ccc7ccccc76)c5)cc4)ccc3c3ccccc23)cc1. The smallest absolute Gasteiger partial charge is 0.143 e. The molecule has 0 spiro atoms. The Morgan fingerprint density at radius 3 is 1.61 bits per heavy atom. The number of hydrogen-bond acceptors (Lipinski definition) is 2. The van der Waals surface area contributed by atoms with Crippen molar-refractivity contribution in [3.05, 3.63) is 249 Å². The van der Waals surface area contributed by atoms with Crippen LogP contribution in [-0.2, 0) is 0 Å². The van der Waals surface area contributed by atoms with Crippen molar-refractivity contribution in [2.75, 3.05) is 4.90 Å². The summed E-state index contributed by atoms with van der Waals surface area (Å²) in [5.41, 5.74) is 14.4. The molecule has 2 heteroatoms. The maximum absolute atomic E-state index is 6.54. The highest BCUT2D eigenvalue weighted by Gasteiger charge is 2.20. The van der Waals surface area contributed by atoms with Gasteiger partial charge in [-0.05, 0) is 131 Å². The van der Waals surface area contributed by atoms with Crippen molar-refractivity contribution in [1.82, 2.24) is 0 Å². The molecule has 0 bridgehead atoms. The van der Waals surface area contributed by atoms with E-state index in [2.05, 4.69) is 241 Å². The summed E-state index contributed by atoms with van der Waals surface area (Å²) in [6.45, 7) is 0. The molecule has 0 saturated carbocycles. The summed E-state index contributed by atoms with van der Waals surface area (Å²) in [5, 5.41) is 12.2. The molecule has 1 heterocycles. The van der Waals surface area contributed by atoms with Crippen molar-refractivity contribution in [2.24, 2.45) is 0 Å². The molecule has 0 aliphatic rings. The predicted molar refractivity (Wildman–Crippen MR) is 280 cm³/mol. The van der Waals surface area contributed by atoms with E-state index in [1.54, 1.807) is 0 Å². The van der Waals surface area contributed by atoms with Gasteiger partial charge in [-0.1, -0.05) is 200 Å². The number of hydrogen-bond donors (Lipinski definition) is 0. The van der Waals surface area contributed by atoms with Gasteiger partial charge < -0.3 is 9.32 Å². The van der Waals surface area contributed by atoms with Crippen LogP contribution in [0.2, 0.25) is 0 Å². The van der Waals surface area contributed by atoms with Gasteiger partial charge in [0, 0.05) is 33.4 Å². The molecule has 0 N–H and O–H groups in total. The Morgan fingerprint density at radius 2 is 0.803 bits per heavy atom. The van der Waals surface area contributed by atoms with Crippen molar-refractivity contribution in [2.45, 2.75) is 0 Å². The third-order valence-corrected chi connectivity index (χ3v) is 13.4. The van der Waals surface area contributed by atoms with Crippen molar-refractivity contribution in [3.8, 4) is 44.5 Å². The van der Waals surface area contributed by atoms with Gasteiger partial charge in [-0.2, -0.15) is 0 Å². The van der Waals surface area contributed by atoms with Gasteiger partial charge in [-0.25, -0.2) is 0 Å². The van der Waals surface area contributed by atoms with E-state index in [1.807, 2.05) is 12.1 Å². The average Bonchev–Trinajstić information content (AvgIpc) is 3.78. The third-order valence-electron chi connectivity index (χ3n) is 13.4. The zero-order valence-electron chi connectivity index (χ0n) is 36.0. The van der Waals surface area contributed by atoms with E-state index in [1.165, 1.54) is 70.9 Å². The third kappa shape index (κ3) is 6.26. The van der Waals surface area contributed by atoms with Gasteiger partial charge in [0.15, 0.2) is 0 Å². The monoisotopic (exact) mass is 839 g/mol. The van der Waals surface area contributed by atoms with Crippen molar-refractivity contribution in [3.63, 3.8) is 0 Å². The summed E-state index contributed by atoms with van der Waals surface area (Å²) in [4.78, 5) is 2.38. The summed E-state index contributed by atoms with van der Waals surface area (Å²) < 4.78 is 6.54. The molecule has 0 fully saturated rings. The first-order valence-electron chi connectivity index (χ1n) is 22.7. The first kappa shape index (κ1) is 37.8. The maximum Gasteiger partial charge on any atom is 0.143 e. The Labute approximate surface area is 382 Å². The number of fused-ring (bicyclic) bond motifs is 9. The normalized spacial score (nSPS) is 11.6. The highest BCUT2D eigenvalue weighted by molar-refractivity contribution is 6.22. The second-order valence-corrected chi connectivity index (χ2v) is 17.2. The Bertz CT molecular complexity index is 3980. The number of furan rings is 1. The fourth-order valence-corrected chi connectivity index (χ4v) is 10.4. The molecule has 13 rings (SSSR count). The minimum Gasteiger partial charge on any atom is -0.455 e. The van der Waals surface area contributed by atoms with E-state index in [0.717, 1.165) is 55.7 Å². The summed E-state index contributed by atoms with van der Waals surface area (Å²) in [7, 11) is 0. The first-order valence-corrected chi connectivity index (χ1v) is 22.7. The fourth-order valence-electron chi connectivity index (χ4n) is 10.4. The minimum absolute atomic E-state index is 0.897. The Kier molecular flexibility index (Phi) is 8.89. The second kappa shape index (κ2) is 15.5. The molecule has 308 valence electrons. The van der Waals surface area contributed by atoms with Gasteiger partial charge in [0.25, 0.3) is 0 Å².